The lowest BCUT2D eigenvalue weighted by atomic mass is 10.2. The summed E-state index contributed by atoms with van der Waals surface area (Å²) in [7, 11) is 1.88. The number of amides is 1. The molecule has 2 aromatic heterocycles. The van der Waals surface area contributed by atoms with E-state index < -0.39 is 0 Å². The molecule has 0 atom stereocenters. The van der Waals surface area contributed by atoms with Crippen LogP contribution in [0.15, 0.2) is 52.2 Å². The number of aromatic nitrogens is 3. The van der Waals surface area contributed by atoms with Gasteiger partial charge in [0.2, 0.25) is 5.91 Å². The van der Waals surface area contributed by atoms with E-state index in [-0.39, 0.29) is 11.7 Å². The number of nitrogens with one attached hydrogen (secondary N) is 1. The van der Waals surface area contributed by atoms with Gasteiger partial charge < -0.3 is 19.0 Å². The van der Waals surface area contributed by atoms with Gasteiger partial charge in [-0.2, -0.15) is 0 Å². The molecule has 0 aliphatic rings. The summed E-state index contributed by atoms with van der Waals surface area (Å²) in [6.07, 6.45) is 1.58. The molecule has 0 saturated heterocycles. The van der Waals surface area contributed by atoms with Crippen LogP contribution in [0.4, 0.5) is 0 Å². The maximum Gasteiger partial charge on any atom is 0.230 e. The summed E-state index contributed by atoms with van der Waals surface area (Å²) in [5.41, 5.74) is 0.942. The molecule has 8 heteroatoms. The second-order valence-corrected chi connectivity index (χ2v) is 6.41. The molecule has 3 aromatic rings. The molecule has 3 rings (SSSR count). The first-order valence-corrected chi connectivity index (χ1v) is 9.20. The summed E-state index contributed by atoms with van der Waals surface area (Å²) >= 11 is 1.34. The number of thioether (sulfide) groups is 1. The molecule has 0 spiro atoms. The van der Waals surface area contributed by atoms with Crippen LogP contribution in [0.5, 0.6) is 5.75 Å². The van der Waals surface area contributed by atoms with Crippen molar-refractivity contribution < 1.29 is 13.9 Å². The van der Waals surface area contributed by atoms with Gasteiger partial charge in [0.25, 0.3) is 0 Å². The van der Waals surface area contributed by atoms with Crippen LogP contribution in [0.1, 0.15) is 12.7 Å². The molecule has 0 aliphatic carbocycles. The summed E-state index contributed by atoms with van der Waals surface area (Å²) < 4.78 is 12.5. The lowest BCUT2D eigenvalue weighted by Gasteiger charge is -2.06. The van der Waals surface area contributed by atoms with E-state index in [1.165, 1.54) is 11.8 Å². The van der Waals surface area contributed by atoms with Gasteiger partial charge in [-0.05, 0) is 43.3 Å². The van der Waals surface area contributed by atoms with Crippen LogP contribution in [0.25, 0.3) is 11.4 Å². The van der Waals surface area contributed by atoms with Crippen LogP contribution in [0, 0.1) is 0 Å². The van der Waals surface area contributed by atoms with Crippen molar-refractivity contribution in [1.29, 1.82) is 0 Å². The van der Waals surface area contributed by atoms with Crippen molar-refractivity contribution in [3.8, 4) is 17.1 Å². The Morgan fingerprint density at radius 2 is 2.08 bits per heavy atom. The normalized spacial score (nSPS) is 10.7. The number of nitrogens with zero attached hydrogens (tertiary/aromatic N) is 3. The topological polar surface area (TPSA) is 82.2 Å². The van der Waals surface area contributed by atoms with E-state index in [4.69, 9.17) is 9.15 Å². The smallest absolute Gasteiger partial charge is 0.230 e. The van der Waals surface area contributed by atoms with E-state index in [0.717, 1.165) is 22.9 Å². The van der Waals surface area contributed by atoms with E-state index in [1.54, 1.807) is 12.3 Å². The summed E-state index contributed by atoms with van der Waals surface area (Å²) in [4.78, 5) is 12.0. The number of benzene rings is 1. The fourth-order valence-corrected chi connectivity index (χ4v) is 3.08. The van der Waals surface area contributed by atoms with Gasteiger partial charge in [-0.25, -0.2) is 0 Å². The number of rotatable bonds is 8. The highest BCUT2D eigenvalue weighted by Gasteiger charge is 2.13. The number of hydrogen-bond donors (Lipinski definition) is 1. The van der Waals surface area contributed by atoms with Crippen molar-refractivity contribution in [3.63, 3.8) is 0 Å². The summed E-state index contributed by atoms with van der Waals surface area (Å²) in [5.74, 6) is 2.46. The van der Waals surface area contributed by atoms with Gasteiger partial charge >= 0.3 is 0 Å². The first-order chi connectivity index (χ1) is 12.7. The van der Waals surface area contributed by atoms with Gasteiger partial charge in [0.15, 0.2) is 11.0 Å². The van der Waals surface area contributed by atoms with Crippen LogP contribution >= 0.6 is 11.8 Å². The molecule has 0 aliphatic heterocycles. The maximum atomic E-state index is 12.0. The fraction of sp³-hybridized carbons (Fsp3) is 0.278. The third kappa shape index (κ3) is 4.45. The first-order valence-electron chi connectivity index (χ1n) is 8.22. The lowest BCUT2D eigenvalue weighted by molar-refractivity contribution is -0.118. The maximum absolute atomic E-state index is 12.0. The van der Waals surface area contributed by atoms with Gasteiger partial charge in [0.05, 0.1) is 25.2 Å². The number of ether oxygens (including phenoxy) is 1. The Kier molecular flexibility index (Phi) is 5.96. The van der Waals surface area contributed by atoms with E-state index in [9.17, 15) is 4.79 Å². The van der Waals surface area contributed by atoms with Gasteiger partial charge in [0.1, 0.15) is 11.5 Å². The van der Waals surface area contributed by atoms with E-state index >= 15 is 0 Å². The molecule has 0 saturated carbocycles. The van der Waals surface area contributed by atoms with Crippen LogP contribution in [0.3, 0.4) is 0 Å². The van der Waals surface area contributed by atoms with Crippen molar-refractivity contribution in [2.45, 2.75) is 18.6 Å². The highest BCUT2D eigenvalue weighted by atomic mass is 32.2. The second-order valence-electron chi connectivity index (χ2n) is 5.47. The van der Waals surface area contributed by atoms with Gasteiger partial charge in [-0.3, -0.25) is 4.79 Å². The number of furan rings is 1. The molecule has 0 bridgehead atoms. The third-order valence-corrected chi connectivity index (χ3v) is 4.65. The van der Waals surface area contributed by atoms with Gasteiger partial charge in [0, 0.05) is 12.6 Å². The Hall–Kier alpha value is -2.74. The zero-order valence-electron chi connectivity index (χ0n) is 14.6. The average molecular weight is 372 g/mol. The lowest BCUT2D eigenvalue weighted by Crippen LogP contribution is -2.24. The molecule has 1 amide bonds. The highest BCUT2D eigenvalue weighted by Crippen LogP contribution is 2.24. The predicted molar refractivity (Wildman–Crippen MR) is 98.9 cm³/mol. The zero-order valence-corrected chi connectivity index (χ0v) is 15.5. The molecule has 0 unspecified atom stereocenters. The molecule has 1 N–H and O–H groups in total. The third-order valence-electron chi connectivity index (χ3n) is 3.63. The highest BCUT2D eigenvalue weighted by molar-refractivity contribution is 7.99. The van der Waals surface area contributed by atoms with E-state index in [0.29, 0.717) is 18.3 Å². The van der Waals surface area contributed by atoms with Crippen LogP contribution in [-0.4, -0.2) is 33.0 Å². The molecule has 0 radical (unpaired) electrons. The van der Waals surface area contributed by atoms with Crippen molar-refractivity contribution in [2.24, 2.45) is 7.05 Å². The van der Waals surface area contributed by atoms with Crippen molar-refractivity contribution in [2.75, 3.05) is 12.4 Å². The molecular weight excluding hydrogens is 352 g/mol. The molecular formula is C18H20N4O3S. The standard InChI is InChI=1S/C18H20N4O3S/c1-3-24-14-8-6-13(7-9-14)17-20-21-18(22(17)2)26-12-16(23)19-11-15-5-4-10-25-15/h4-10H,3,11-12H2,1-2H3,(H,19,23). The van der Waals surface area contributed by atoms with Crippen molar-refractivity contribution >= 4 is 17.7 Å². The molecule has 0 fully saturated rings. The van der Waals surface area contributed by atoms with E-state index in [1.807, 2.05) is 48.9 Å². The Labute approximate surface area is 155 Å². The quantitative estimate of drug-likeness (QED) is 0.612. The van der Waals surface area contributed by atoms with Crippen LogP contribution in [0.2, 0.25) is 0 Å². The minimum atomic E-state index is -0.0861. The fourth-order valence-electron chi connectivity index (χ4n) is 2.34. The Morgan fingerprint density at radius 1 is 1.27 bits per heavy atom. The first kappa shape index (κ1) is 18.1. The number of carbonyl (C=O) groups excluding carboxylic acids is 1. The monoisotopic (exact) mass is 372 g/mol. The predicted octanol–water partition coefficient (Wildman–Crippen LogP) is 2.88. The van der Waals surface area contributed by atoms with E-state index in [2.05, 4.69) is 15.5 Å². The Morgan fingerprint density at radius 3 is 2.77 bits per heavy atom. The Bertz CT molecular complexity index is 844. The van der Waals surface area contributed by atoms with Crippen molar-refractivity contribution in [1.82, 2.24) is 20.1 Å². The summed E-state index contributed by atoms with van der Waals surface area (Å²) in [6.45, 7) is 2.96. The molecule has 136 valence electrons. The Balaban J connectivity index is 1.57. The molecule has 7 nitrogen and oxygen atoms in total. The SMILES string of the molecule is CCOc1ccc(-c2nnc(SCC(=O)NCc3ccco3)n2C)cc1. The molecule has 1 aromatic carbocycles. The van der Waals surface area contributed by atoms with Crippen molar-refractivity contribution in [3.05, 3.63) is 48.4 Å². The molecule has 26 heavy (non-hydrogen) atoms. The van der Waals surface area contributed by atoms with Crippen LogP contribution in [-0.2, 0) is 18.4 Å². The number of hydrogen-bond acceptors (Lipinski definition) is 6. The van der Waals surface area contributed by atoms with Gasteiger partial charge in [-0.15, -0.1) is 10.2 Å². The largest absolute Gasteiger partial charge is 0.494 e. The summed E-state index contributed by atoms with van der Waals surface area (Å²) in [6, 6.07) is 11.3. The minimum absolute atomic E-state index is 0.0861. The molecule has 2 heterocycles. The summed E-state index contributed by atoms with van der Waals surface area (Å²) in [5, 5.41) is 11.9. The minimum Gasteiger partial charge on any atom is -0.494 e. The van der Waals surface area contributed by atoms with Crippen LogP contribution < -0.4 is 10.1 Å². The van der Waals surface area contributed by atoms with Gasteiger partial charge in [-0.1, -0.05) is 11.8 Å². The number of carbonyl (C=O) groups is 1. The zero-order chi connectivity index (χ0) is 18.4. The average Bonchev–Trinajstić information content (AvgIpc) is 3.29. The second kappa shape index (κ2) is 8.57.